The maximum absolute atomic E-state index is 5.93. The van der Waals surface area contributed by atoms with Gasteiger partial charge in [-0.2, -0.15) is 16.9 Å². The smallest absolute Gasteiger partial charge is 0.135 e. The van der Waals surface area contributed by atoms with Crippen LogP contribution in [0, 0.1) is 3.57 Å². The lowest BCUT2D eigenvalue weighted by molar-refractivity contribution is 0.312. The summed E-state index contributed by atoms with van der Waals surface area (Å²) >= 11 is 4.18. The standard InChI is InChI=1S/C9H14IN3S/c1-14-9(3-2-4-9)6-13-8(11)7(10)5-12-13/h5H,2-4,6,11H2,1H3. The molecule has 0 amide bonds. The highest BCUT2D eigenvalue weighted by Crippen LogP contribution is 2.44. The molecule has 2 N–H and O–H groups in total. The second kappa shape index (κ2) is 3.92. The molecule has 1 fully saturated rings. The predicted molar refractivity (Wildman–Crippen MR) is 69.5 cm³/mol. The Morgan fingerprint density at radius 2 is 2.43 bits per heavy atom. The van der Waals surface area contributed by atoms with E-state index in [4.69, 9.17) is 5.73 Å². The van der Waals surface area contributed by atoms with Crippen molar-refractivity contribution in [2.24, 2.45) is 0 Å². The van der Waals surface area contributed by atoms with Crippen LogP contribution in [0.2, 0.25) is 0 Å². The number of hydrogen-bond donors (Lipinski definition) is 1. The summed E-state index contributed by atoms with van der Waals surface area (Å²) in [5.41, 5.74) is 5.93. The largest absolute Gasteiger partial charge is 0.383 e. The van der Waals surface area contributed by atoms with Crippen molar-refractivity contribution < 1.29 is 0 Å². The van der Waals surface area contributed by atoms with Gasteiger partial charge in [0.25, 0.3) is 0 Å². The topological polar surface area (TPSA) is 43.8 Å². The molecule has 0 aromatic carbocycles. The average Bonchev–Trinajstić information content (AvgIpc) is 2.42. The lowest BCUT2D eigenvalue weighted by Gasteiger charge is -2.40. The molecular formula is C9H14IN3S. The van der Waals surface area contributed by atoms with E-state index in [9.17, 15) is 0 Å². The van der Waals surface area contributed by atoms with Crippen molar-refractivity contribution in [3.8, 4) is 0 Å². The van der Waals surface area contributed by atoms with E-state index in [2.05, 4.69) is 33.9 Å². The van der Waals surface area contributed by atoms with Crippen molar-refractivity contribution in [1.29, 1.82) is 0 Å². The molecule has 0 aliphatic heterocycles. The Morgan fingerprint density at radius 3 is 2.79 bits per heavy atom. The summed E-state index contributed by atoms with van der Waals surface area (Å²) in [7, 11) is 0. The summed E-state index contributed by atoms with van der Waals surface area (Å²) in [6.45, 7) is 0.961. The fourth-order valence-corrected chi connectivity index (χ4v) is 3.12. The second-order valence-corrected chi connectivity index (χ2v) is 6.21. The first-order valence-electron chi connectivity index (χ1n) is 4.69. The summed E-state index contributed by atoms with van der Waals surface area (Å²) in [6, 6.07) is 0. The Morgan fingerprint density at radius 1 is 1.71 bits per heavy atom. The lowest BCUT2D eigenvalue weighted by Crippen LogP contribution is -2.38. The van der Waals surface area contributed by atoms with Gasteiger partial charge in [0.2, 0.25) is 0 Å². The molecule has 1 heterocycles. The SMILES string of the molecule is CSC1(Cn2ncc(I)c2N)CCC1. The van der Waals surface area contributed by atoms with Crippen LogP contribution in [0.25, 0.3) is 0 Å². The third-order valence-electron chi connectivity index (χ3n) is 2.97. The highest BCUT2D eigenvalue weighted by molar-refractivity contribution is 14.1. The minimum Gasteiger partial charge on any atom is -0.383 e. The minimum absolute atomic E-state index is 0.406. The summed E-state index contributed by atoms with van der Waals surface area (Å²) in [5, 5.41) is 4.30. The first-order chi connectivity index (χ1) is 6.67. The van der Waals surface area contributed by atoms with Gasteiger partial charge in [-0.25, -0.2) is 4.68 Å². The van der Waals surface area contributed by atoms with Crippen molar-refractivity contribution in [1.82, 2.24) is 9.78 Å². The number of aromatic nitrogens is 2. The van der Waals surface area contributed by atoms with E-state index in [0.29, 0.717) is 4.75 Å². The Balaban J connectivity index is 2.13. The van der Waals surface area contributed by atoms with Crippen LogP contribution in [0.4, 0.5) is 5.82 Å². The molecule has 1 aromatic heterocycles. The molecule has 1 aliphatic carbocycles. The molecule has 0 unspecified atom stereocenters. The molecule has 1 saturated carbocycles. The van der Waals surface area contributed by atoms with Crippen LogP contribution < -0.4 is 5.73 Å². The van der Waals surface area contributed by atoms with Crippen LogP contribution in [0.3, 0.4) is 0 Å². The number of thioether (sulfide) groups is 1. The number of hydrogen-bond acceptors (Lipinski definition) is 3. The molecule has 0 radical (unpaired) electrons. The van der Waals surface area contributed by atoms with Crippen LogP contribution in [-0.2, 0) is 6.54 Å². The second-order valence-electron chi connectivity index (χ2n) is 3.78. The number of nitrogen functional groups attached to an aromatic ring is 1. The van der Waals surface area contributed by atoms with Gasteiger partial charge in [-0.1, -0.05) is 6.42 Å². The monoisotopic (exact) mass is 323 g/mol. The van der Waals surface area contributed by atoms with Crippen molar-refractivity contribution in [2.45, 2.75) is 30.6 Å². The molecule has 3 nitrogen and oxygen atoms in total. The van der Waals surface area contributed by atoms with E-state index in [0.717, 1.165) is 15.9 Å². The van der Waals surface area contributed by atoms with E-state index in [1.807, 2.05) is 22.6 Å². The van der Waals surface area contributed by atoms with E-state index < -0.39 is 0 Å². The van der Waals surface area contributed by atoms with Crippen molar-refractivity contribution in [3.63, 3.8) is 0 Å². The van der Waals surface area contributed by atoms with Gasteiger partial charge in [0.1, 0.15) is 5.82 Å². The number of nitrogens with zero attached hydrogens (tertiary/aromatic N) is 2. The van der Waals surface area contributed by atoms with Crippen molar-refractivity contribution >= 4 is 40.2 Å². The average molecular weight is 323 g/mol. The van der Waals surface area contributed by atoms with Crippen LogP contribution >= 0.6 is 34.4 Å². The third-order valence-corrected chi connectivity index (χ3v) is 5.20. The molecule has 0 bridgehead atoms. The first kappa shape index (κ1) is 10.6. The molecule has 2 rings (SSSR count). The maximum Gasteiger partial charge on any atom is 0.135 e. The first-order valence-corrected chi connectivity index (χ1v) is 6.99. The highest BCUT2D eigenvalue weighted by atomic mass is 127. The molecule has 78 valence electrons. The summed E-state index contributed by atoms with van der Waals surface area (Å²) in [5.74, 6) is 0.811. The highest BCUT2D eigenvalue weighted by Gasteiger charge is 2.37. The fraction of sp³-hybridized carbons (Fsp3) is 0.667. The molecule has 1 aromatic rings. The van der Waals surface area contributed by atoms with Gasteiger partial charge in [-0.05, 0) is 41.7 Å². The minimum atomic E-state index is 0.406. The molecule has 0 atom stereocenters. The summed E-state index contributed by atoms with van der Waals surface area (Å²) < 4.78 is 3.40. The van der Waals surface area contributed by atoms with Gasteiger partial charge in [0.15, 0.2) is 0 Å². The Bertz CT molecular complexity index is 327. The van der Waals surface area contributed by atoms with Gasteiger partial charge >= 0.3 is 0 Å². The Hall–Kier alpha value is 0.0900. The Labute approximate surface area is 102 Å². The zero-order chi connectivity index (χ0) is 10.2. The molecule has 1 aliphatic rings. The number of anilines is 1. The quantitative estimate of drug-likeness (QED) is 0.869. The molecule has 0 saturated heterocycles. The van der Waals surface area contributed by atoms with Crippen LogP contribution in [0.15, 0.2) is 6.20 Å². The van der Waals surface area contributed by atoms with Crippen molar-refractivity contribution in [3.05, 3.63) is 9.77 Å². The molecule has 14 heavy (non-hydrogen) atoms. The van der Waals surface area contributed by atoms with Gasteiger partial charge in [0, 0.05) is 4.75 Å². The summed E-state index contributed by atoms with van der Waals surface area (Å²) in [6.07, 6.45) is 7.96. The van der Waals surface area contributed by atoms with Crippen LogP contribution in [0.5, 0.6) is 0 Å². The predicted octanol–water partition coefficient (Wildman–Crippen LogP) is 2.36. The number of rotatable bonds is 3. The van der Waals surface area contributed by atoms with E-state index in [1.54, 1.807) is 0 Å². The van der Waals surface area contributed by atoms with Gasteiger partial charge in [-0.3, -0.25) is 0 Å². The van der Waals surface area contributed by atoms with Crippen LogP contribution in [-0.4, -0.2) is 20.8 Å². The zero-order valence-corrected chi connectivity index (χ0v) is 11.1. The van der Waals surface area contributed by atoms with E-state index in [-0.39, 0.29) is 0 Å². The fourth-order valence-electron chi connectivity index (χ4n) is 1.77. The van der Waals surface area contributed by atoms with E-state index in [1.165, 1.54) is 19.3 Å². The lowest BCUT2D eigenvalue weighted by atomic mass is 9.84. The molecule has 0 spiro atoms. The number of halogens is 1. The van der Waals surface area contributed by atoms with Gasteiger partial charge < -0.3 is 5.73 Å². The molecule has 5 heteroatoms. The van der Waals surface area contributed by atoms with Gasteiger partial charge in [-0.15, -0.1) is 0 Å². The van der Waals surface area contributed by atoms with Crippen molar-refractivity contribution in [2.75, 3.05) is 12.0 Å². The van der Waals surface area contributed by atoms with Gasteiger partial charge in [0.05, 0.1) is 16.3 Å². The van der Waals surface area contributed by atoms with E-state index >= 15 is 0 Å². The van der Waals surface area contributed by atoms with Crippen LogP contribution in [0.1, 0.15) is 19.3 Å². The third kappa shape index (κ3) is 1.76. The summed E-state index contributed by atoms with van der Waals surface area (Å²) in [4.78, 5) is 0. The number of nitrogens with two attached hydrogens (primary N) is 1. The maximum atomic E-state index is 5.93. The normalized spacial score (nSPS) is 19.3. The Kier molecular flexibility index (Phi) is 2.97. The molecular weight excluding hydrogens is 309 g/mol. The zero-order valence-electron chi connectivity index (χ0n) is 8.16.